The number of imide groups is 1. The molecule has 0 aliphatic carbocycles. The number of hydrogen-bond acceptors (Lipinski definition) is 5. The number of benzene rings is 2. The van der Waals surface area contributed by atoms with Crippen molar-refractivity contribution in [3.05, 3.63) is 57.0 Å². The van der Waals surface area contributed by atoms with E-state index in [0.29, 0.717) is 23.9 Å². The molecule has 2 aliphatic rings. The maximum atomic E-state index is 15.9. The lowest BCUT2D eigenvalue weighted by molar-refractivity contribution is -0.115. The van der Waals surface area contributed by atoms with Crippen LogP contribution < -0.4 is 10.1 Å². The molecule has 0 aromatic heterocycles. The maximum absolute atomic E-state index is 15.9. The summed E-state index contributed by atoms with van der Waals surface area (Å²) in [6, 6.07) is 4.80. The van der Waals surface area contributed by atoms with E-state index >= 15 is 8.78 Å². The first-order valence-electron chi connectivity index (χ1n) is 10.5. The third-order valence-corrected chi connectivity index (χ3v) is 6.95. The molecule has 1 N–H and O–H groups in total. The molecule has 0 saturated carbocycles. The van der Waals surface area contributed by atoms with Crippen LogP contribution in [0.5, 0.6) is 5.75 Å². The van der Waals surface area contributed by atoms with E-state index < -0.39 is 28.4 Å². The number of methoxy groups -OCH3 is 1. The van der Waals surface area contributed by atoms with E-state index in [1.807, 2.05) is 46.8 Å². The number of halogens is 2. The van der Waals surface area contributed by atoms with Crippen LogP contribution in [-0.2, 0) is 20.5 Å². The van der Waals surface area contributed by atoms with Crippen LogP contribution in [0.25, 0.3) is 17.2 Å². The van der Waals surface area contributed by atoms with Gasteiger partial charge in [-0.05, 0) is 73.0 Å². The van der Waals surface area contributed by atoms with E-state index in [4.69, 9.17) is 9.47 Å². The van der Waals surface area contributed by atoms with Crippen molar-refractivity contribution in [2.24, 2.45) is 0 Å². The molecule has 1 saturated heterocycles. The summed E-state index contributed by atoms with van der Waals surface area (Å²) in [4.78, 5) is 23.4. The molecule has 5 nitrogen and oxygen atoms in total. The van der Waals surface area contributed by atoms with Gasteiger partial charge in [0.15, 0.2) is 11.6 Å². The van der Waals surface area contributed by atoms with Crippen LogP contribution in [0, 0.1) is 18.6 Å². The fourth-order valence-electron chi connectivity index (χ4n) is 4.29. The van der Waals surface area contributed by atoms with Crippen molar-refractivity contribution >= 4 is 29.0 Å². The van der Waals surface area contributed by atoms with Gasteiger partial charge in [0.1, 0.15) is 5.82 Å². The highest BCUT2D eigenvalue weighted by atomic mass is 32.2. The minimum atomic E-state index is -0.768. The third-order valence-electron chi connectivity index (χ3n) is 6.14. The molecule has 4 rings (SSSR count). The van der Waals surface area contributed by atoms with Gasteiger partial charge in [0.2, 0.25) is 0 Å². The summed E-state index contributed by atoms with van der Waals surface area (Å²) in [6.07, 6.45) is 1.18. The van der Waals surface area contributed by atoms with E-state index in [-0.39, 0.29) is 27.2 Å². The third kappa shape index (κ3) is 3.95. The van der Waals surface area contributed by atoms with Gasteiger partial charge in [0, 0.05) is 11.0 Å². The van der Waals surface area contributed by atoms with Crippen molar-refractivity contribution in [1.82, 2.24) is 5.32 Å². The predicted octanol–water partition coefficient (Wildman–Crippen LogP) is 5.82. The van der Waals surface area contributed by atoms with Crippen LogP contribution in [-0.4, -0.2) is 24.9 Å². The van der Waals surface area contributed by atoms with Gasteiger partial charge < -0.3 is 9.47 Å². The summed E-state index contributed by atoms with van der Waals surface area (Å²) < 4.78 is 42.3. The zero-order valence-corrected chi connectivity index (χ0v) is 20.1. The van der Waals surface area contributed by atoms with E-state index in [0.717, 1.165) is 22.8 Å². The second kappa shape index (κ2) is 7.95. The smallest absolute Gasteiger partial charge is 0.290 e. The predicted molar refractivity (Wildman–Crippen MR) is 124 cm³/mol. The van der Waals surface area contributed by atoms with Crippen molar-refractivity contribution in [2.75, 3.05) is 13.7 Å². The van der Waals surface area contributed by atoms with Gasteiger partial charge in [0.05, 0.1) is 29.8 Å². The Morgan fingerprint density at radius 2 is 1.82 bits per heavy atom. The molecule has 0 unspecified atom stereocenters. The highest BCUT2D eigenvalue weighted by Gasteiger charge is 2.39. The van der Waals surface area contributed by atoms with E-state index in [1.165, 1.54) is 13.2 Å². The van der Waals surface area contributed by atoms with Crippen molar-refractivity contribution in [3.63, 3.8) is 0 Å². The van der Waals surface area contributed by atoms with Crippen LogP contribution in [0.4, 0.5) is 13.6 Å². The zero-order valence-electron chi connectivity index (χ0n) is 19.3. The van der Waals surface area contributed by atoms with E-state index in [1.54, 1.807) is 0 Å². The molecule has 0 radical (unpaired) electrons. The topological polar surface area (TPSA) is 64.6 Å². The number of hydrogen-bond donors (Lipinski definition) is 1. The van der Waals surface area contributed by atoms with Gasteiger partial charge in [-0.3, -0.25) is 14.9 Å². The van der Waals surface area contributed by atoms with Gasteiger partial charge in [-0.25, -0.2) is 8.78 Å². The molecule has 2 aromatic rings. The van der Waals surface area contributed by atoms with Crippen LogP contribution >= 0.6 is 11.8 Å². The van der Waals surface area contributed by atoms with E-state index in [9.17, 15) is 9.59 Å². The average molecular weight is 474 g/mol. The molecular formula is C25H25F2NO4S. The Morgan fingerprint density at radius 1 is 1.12 bits per heavy atom. The normalized spacial score (nSPS) is 20.1. The SMILES string of the molecule is COc1c(F)cc(/C=C2\SC(=O)NC2=O)c(F)c1-c1cc2c(cc1C)C(C)(C)OCC2(C)C. The number of amides is 2. The molecule has 33 heavy (non-hydrogen) atoms. The van der Waals surface area contributed by atoms with Gasteiger partial charge >= 0.3 is 0 Å². The Labute approximate surface area is 195 Å². The number of thioether (sulfide) groups is 1. The lowest BCUT2D eigenvalue weighted by atomic mass is 9.73. The number of rotatable bonds is 3. The molecule has 2 aromatic carbocycles. The van der Waals surface area contributed by atoms with Crippen LogP contribution in [0.2, 0.25) is 0 Å². The maximum Gasteiger partial charge on any atom is 0.290 e. The first kappa shape index (κ1) is 23.4. The number of ether oxygens (including phenoxy) is 2. The number of nitrogens with one attached hydrogen (secondary N) is 1. The monoisotopic (exact) mass is 473 g/mol. The summed E-state index contributed by atoms with van der Waals surface area (Å²) in [5.74, 6) is -2.37. The molecule has 2 heterocycles. The van der Waals surface area contributed by atoms with Gasteiger partial charge in [-0.15, -0.1) is 0 Å². The number of aryl methyl sites for hydroxylation is 1. The minimum absolute atomic E-state index is 0.00314. The molecule has 0 spiro atoms. The molecule has 174 valence electrons. The van der Waals surface area contributed by atoms with Gasteiger partial charge in [-0.2, -0.15) is 0 Å². The first-order valence-corrected chi connectivity index (χ1v) is 11.3. The molecule has 0 atom stereocenters. The van der Waals surface area contributed by atoms with E-state index in [2.05, 4.69) is 5.32 Å². The number of fused-ring (bicyclic) bond motifs is 1. The molecule has 2 amide bonds. The van der Waals surface area contributed by atoms with Crippen LogP contribution in [0.1, 0.15) is 49.9 Å². The average Bonchev–Trinajstić information content (AvgIpc) is 3.04. The van der Waals surface area contributed by atoms with Crippen molar-refractivity contribution in [3.8, 4) is 16.9 Å². The Balaban J connectivity index is 1.98. The Kier molecular flexibility index (Phi) is 5.65. The molecule has 0 bridgehead atoms. The lowest BCUT2D eigenvalue weighted by Gasteiger charge is -2.42. The lowest BCUT2D eigenvalue weighted by Crippen LogP contribution is -2.40. The highest BCUT2D eigenvalue weighted by molar-refractivity contribution is 8.18. The Morgan fingerprint density at radius 3 is 2.42 bits per heavy atom. The quantitative estimate of drug-likeness (QED) is 0.570. The Bertz CT molecular complexity index is 1230. The summed E-state index contributed by atoms with van der Waals surface area (Å²) in [7, 11) is 1.28. The molecule has 1 fully saturated rings. The standard InChI is InChI=1S/C25H25F2NO4S/c1-12-7-16-15(24(2,3)11-32-25(16,4)5)10-14(12)19-20(27)13(8-17(26)21(19)31-6)9-18-22(29)28-23(30)33-18/h7-10H,11H2,1-6H3,(H,28,29,30)/b18-9-. The summed E-state index contributed by atoms with van der Waals surface area (Å²) in [5.41, 5.74) is 2.18. The number of carbonyl (C=O) groups excluding carboxylic acids is 2. The fraction of sp³-hybridized carbons (Fsp3) is 0.360. The molecule has 8 heteroatoms. The second-order valence-corrected chi connectivity index (χ2v) is 10.4. The van der Waals surface area contributed by atoms with Crippen molar-refractivity contribution < 1.29 is 27.8 Å². The Hall–Kier alpha value is -2.71. The number of carbonyl (C=O) groups is 2. The molecule has 2 aliphatic heterocycles. The van der Waals surface area contributed by atoms with Crippen molar-refractivity contribution in [1.29, 1.82) is 0 Å². The highest BCUT2D eigenvalue weighted by Crippen LogP contribution is 2.46. The van der Waals surface area contributed by atoms with Crippen LogP contribution in [0.3, 0.4) is 0 Å². The fourth-order valence-corrected chi connectivity index (χ4v) is 4.96. The zero-order chi connectivity index (χ0) is 24.3. The largest absolute Gasteiger partial charge is 0.493 e. The minimum Gasteiger partial charge on any atom is -0.493 e. The van der Waals surface area contributed by atoms with Gasteiger partial charge in [-0.1, -0.05) is 19.9 Å². The summed E-state index contributed by atoms with van der Waals surface area (Å²) >= 11 is 0.643. The first-order chi connectivity index (χ1) is 15.4. The molecular weight excluding hydrogens is 448 g/mol. The van der Waals surface area contributed by atoms with Crippen molar-refractivity contribution in [2.45, 2.75) is 45.6 Å². The summed E-state index contributed by atoms with van der Waals surface area (Å²) in [6.45, 7) is 10.4. The van der Waals surface area contributed by atoms with Crippen LogP contribution in [0.15, 0.2) is 23.1 Å². The second-order valence-electron chi connectivity index (χ2n) is 9.42. The summed E-state index contributed by atoms with van der Waals surface area (Å²) in [5, 5.41) is 1.56. The van der Waals surface area contributed by atoms with Gasteiger partial charge in [0.25, 0.3) is 11.1 Å².